The third-order valence-corrected chi connectivity index (χ3v) is 3.59. The summed E-state index contributed by atoms with van der Waals surface area (Å²) in [5.41, 5.74) is 3.28. The van der Waals surface area contributed by atoms with E-state index in [1.54, 1.807) is 6.07 Å². The molecule has 4 nitrogen and oxygen atoms in total. The maximum Gasteiger partial charge on any atom is 0.310 e. The zero-order chi connectivity index (χ0) is 10.3. The normalized spacial score (nSPS) is 10.9. The summed E-state index contributed by atoms with van der Waals surface area (Å²) in [6.07, 6.45) is 0. The van der Waals surface area contributed by atoms with Crippen molar-refractivity contribution in [2.24, 2.45) is 5.84 Å². The lowest BCUT2D eigenvalue weighted by Gasteiger charge is -1.97. The molecule has 0 aliphatic rings. The molecule has 2 aromatic rings. The molecule has 0 fully saturated rings. The Kier molecular flexibility index (Phi) is 2.57. The molecule has 0 unspecified atom stereocenters. The third-order valence-electron chi connectivity index (χ3n) is 1.64. The monoisotopic (exact) mass is 295 g/mol. The van der Waals surface area contributed by atoms with Crippen LogP contribution in [0.2, 0.25) is 10.0 Å². The van der Waals surface area contributed by atoms with Crippen LogP contribution < -0.4 is 11.3 Å². The quantitative estimate of drug-likeness (QED) is 0.482. The molecule has 0 spiro atoms. The lowest BCUT2D eigenvalue weighted by molar-refractivity contribution is 0.617. The number of nitrogens with one attached hydrogen (secondary N) is 1. The van der Waals surface area contributed by atoms with Crippen LogP contribution in [-0.4, -0.2) is 4.98 Å². The third kappa shape index (κ3) is 1.46. The van der Waals surface area contributed by atoms with E-state index in [9.17, 15) is 0 Å². The van der Waals surface area contributed by atoms with Crippen molar-refractivity contribution < 1.29 is 4.42 Å². The molecule has 0 saturated carbocycles. The first-order chi connectivity index (χ1) is 6.63. The van der Waals surface area contributed by atoms with Crippen LogP contribution in [0.1, 0.15) is 0 Å². The molecule has 1 aromatic heterocycles. The van der Waals surface area contributed by atoms with E-state index in [1.165, 1.54) is 0 Å². The van der Waals surface area contributed by atoms with E-state index in [1.807, 2.05) is 0 Å². The van der Waals surface area contributed by atoms with Gasteiger partial charge in [-0.25, -0.2) is 5.84 Å². The SMILES string of the molecule is NNc1nc2c(Cl)c(Br)c(Cl)cc2o1. The summed E-state index contributed by atoms with van der Waals surface area (Å²) in [5, 5.41) is 0.861. The summed E-state index contributed by atoms with van der Waals surface area (Å²) in [5.74, 6) is 5.15. The predicted molar refractivity (Wildman–Crippen MR) is 59.5 cm³/mol. The van der Waals surface area contributed by atoms with E-state index in [4.69, 9.17) is 33.5 Å². The van der Waals surface area contributed by atoms with E-state index in [0.717, 1.165) is 0 Å². The smallest absolute Gasteiger partial charge is 0.310 e. The highest BCUT2D eigenvalue weighted by atomic mass is 79.9. The number of halogens is 3. The van der Waals surface area contributed by atoms with Crippen molar-refractivity contribution in [2.75, 3.05) is 5.43 Å². The van der Waals surface area contributed by atoms with Crippen LogP contribution in [0.4, 0.5) is 6.01 Å². The van der Waals surface area contributed by atoms with Crippen molar-refractivity contribution in [1.82, 2.24) is 4.98 Å². The number of nitrogens with two attached hydrogens (primary N) is 1. The molecule has 3 N–H and O–H groups in total. The van der Waals surface area contributed by atoms with Gasteiger partial charge in [0, 0.05) is 6.07 Å². The predicted octanol–water partition coefficient (Wildman–Crippen LogP) is 3.18. The van der Waals surface area contributed by atoms with E-state index in [-0.39, 0.29) is 6.01 Å². The number of nitrogens with zero attached hydrogens (tertiary/aromatic N) is 1. The van der Waals surface area contributed by atoms with Gasteiger partial charge in [-0.15, -0.1) is 0 Å². The highest BCUT2D eigenvalue weighted by Crippen LogP contribution is 2.37. The number of anilines is 1. The van der Waals surface area contributed by atoms with Crippen LogP contribution in [0.5, 0.6) is 0 Å². The average molecular weight is 297 g/mol. The topological polar surface area (TPSA) is 64.1 Å². The molecule has 0 aliphatic heterocycles. The van der Waals surface area contributed by atoms with Crippen LogP contribution in [0.3, 0.4) is 0 Å². The number of fused-ring (bicyclic) bond motifs is 1. The minimum absolute atomic E-state index is 0.191. The molecule has 1 aromatic carbocycles. The average Bonchev–Trinajstić information content (AvgIpc) is 2.57. The van der Waals surface area contributed by atoms with Crippen molar-refractivity contribution in [3.63, 3.8) is 0 Å². The number of benzene rings is 1. The second-order valence-electron chi connectivity index (χ2n) is 2.50. The first kappa shape index (κ1) is 10.0. The van der Waals surface area contributed by atoms with Gasteiger partial charge in [0.15, 0.2) is 5.58 Å². The summed E-state index contributed by atoms with van der Waals surface area (Å²) in [7, 11) is 0. The minimum atomic E-state index is 0.191. The second kappa shape index (κ2) is 3.58. The second-order valence-corrected chi connectivity index (χ2v) is 4.07. The number of oxazole rings is 1. The van der Waals surface area contributed by atoms with Crippen molar-refractivity contribution >= 4 is 56.2 Å². The standard InChI is InChI=1S/C7H4BrCl2N3O/c8-4-2(9)1-3-6(5(4)10)12-7(13-11)14-3/h1H,11H2,(H,12,13). The maximum absolute atomic E-state index is 5.98. The Labute approximate surface area is 97.5 Å². The molecule has 74 valence electrons. The summed E-state index contributed by atoms with van der Waals surface area (Å²) in [4.78, 5) is 4.01. The van der Waals surface area contributed by atoms with Crippen LogP contribution in [-0.2, 0) is 0 Å². The molecule has 0 amide bonds. The zero-order valence-electron chi connectivity index (χ0n) is 6.64. The van der Waals surface area contributed by atoms with Crippen molar-refractivity contribution in [3.05, 3.63) is 20.6 Å². The fourth-order valence-corrected chi connectivity index (χ4v) is 1.82. The molecule has 0 radical (unpaired) electrons. The fourth-order valence-electron chi connectivity index (χ4n) is 1.04. The van der Waals surface area contributed by atoms with E-state index < -0.39 is 0 Å². The Morgan fingerprint density at radius 1 is 1.50 bits per heavy atom. The summed E-state index contributed by atoms with van der Waals surface area (Å²) >= 11 is 15.1. The van der Waals surface area contributed by atoms with Gasteiger partial charge in [0.2, 0.25) is 0 Å². The van der Waals surface area contributed by atoms with Gasteiger partial charge in [-0.05, 0) is 15.9 Å². The number of hydrazine groups is 1. The molecule has 0 saturated heterocycles. The van der Waals surface area contributed by atoms with Crippen molar-refractivity contribution in [3.8, 4) is 0 Å². The summed E-state index contributed by atoms with van der Waals surface area (Å²) in [6, 6.07) is 1.80. The molecule has 1 heterocycles. The Bertz CT molecular complexity index is 499. The first-order valence-electron chi connectivity index (χ1n) is 3.54. The minimum Gasteiger partial charge on any atom is -0.423 e. The Morgan fingerprint density at radius 3 is 2.86 bits per heavy atom. The molecular weight excluding hydrogens is 293 g/mol. The van der Waals surface area contributed by atoms with Crippen molar-refractivity contribution in [1.29, 1.82) is 0 Å². The van der Waals surface area contributed by atoms with Gasteiger partial charge in [0.25, 0.3) is 0 Å². The van der Waals surface area contributed by atoms with Gasteiger partial charge >= 0.3 is 6.01 Å². The van der Waals surface area contributed by atoms with Crippen LogP contribution in [0.15, 0.2) is 15.0 Å². The Hall–Kier alpha value is -0.490. The van der Waals surface area contributed by atoms with Gasteiger partial charge in [0.05, 0.1) is 14.5 Å². The van der Waals surface area contributed by atoms with E-state index in [2.05, 4.69) is 26.3 Å². The molecular formula is C7H4BrCl2N3O. The Balaban J connectivity index is 2.81. The summed E-state index contributed by atoms with van der Waals surface area (Å²) < 4.78 is 5.79. The van der Waals surface area contributed by atoms with Crippen LogP contribution >= 0.6 is 39.1 Å². The number of hydrogen-bond donors (Lipinski definition) is 2. The van der Waals surface area contributed by atoms with Crippen molar-refractivity contribution in [2.45, 2.75) is 0 Å². The molecule has 7 heteroatoms. The Morgan fingerprint density at radius 2 is 2.21 bits per heavy atom. The van der Waals surface area contributed by atoms with Gasteiger partial charge in [-0.3, -0.25) is 5.43 Å². The van der Waals surface area contributed by atoms with E-state index in [0.29, 0.717) is 25.6 Å². The van der Waals surface area contributed by atoms with Gasteiger partial charge in [0.1, 0.15) is 5.52 Å². The molecule has 0 atom stereocenters. The molecule has 2 rings (SSSR count). The first-order valence-corrected chi connectivity index (χ1v) is 5.09. The number of rotatable bonds is 1. The number of hydrogen-bond acceptors (Lipinski definition) is 4. The highest BCUT2D eigenvalue weighted by Gasteiger charge is 2.14. The number of nitrogen functional groups attached to an aromatic ring is 1. The molecule has 14 heavy (non-hydrogen) atoms. The highest BCUT2D eigenvalue weighted by molar-refractivity contribution is 9.10. The van der Waals surface area contributed by atoms with E-state index >= 15 is 0 Å². The van der Waals surface area contributed by atoms with Gasteiger partial charge in [-0.2, -0.15) is 4.98 Å². The van der Waals surface area contributed by atoms with Crippen LogP contribution in [0, 0.1) is 0 Å². The zero-order valence-corrected chi connectivity index (χ0v) is 9.74. The molecule has 0 bridgehead atoms. The number of aromatic nitrogens is 1. The van der Waals surface area contributed by atoms with Gasteiger partial charge < -0.3 is 4.42 Å². The fraction of sp³-hybridized carbons (Fsp3) is 0. The van der Waals surface area contributed by atoms with Gasteiger partial charge in [-0.1, -0.05) is 23.2 Å². The maximum atomic E-state index is 5.98. The largest absolute Gasteiger partial charge is 0.423 e. The lowest BCUT2D eigenvalue weighted by atomic mass is 10.3. The lowest BCUT2D eigenvalue weighted by Crippen LogP contribution is -2.06. The molecule has 0 aliphatic carbocycles. The van der Waals surface area contributed by atoms with Crippen LogP contribution in [0.25, 0.3) is 11.1 Å². The summed E-state index contributed by atoms with van der Waals surface area (Å²) in [6.45, 7) is 0.